The number of benzene rings is 1. The van der Waals surface area contributed by atoms with Crippen LogP contribution in [0.1, 0.15) is 31.1 Å². The second-order valence-corrected chi connectivity index (χ2v) is 2.71. The molecule has 5 heteroatoms. The van der Waals surface area contributed by atoms with Crippen LogP contribution in [0.3, 0.4) is 0 Å². The average molecular weight is 256 g/mol. The maximum absolute atomic E-state index is 10.2. The van der Waals surface area contributed by atoms with E-state index in [0.29, 0.717) is 5.56 Å². The van der Waals surface area contributed by atoms with Crippen molar-refractivity contribution in [3.05, 3.63) is 35.9 Å². The van der Waals surface area contributed by atoms with Gasteiger partial charge in [-0.3, -0.25) is 4.79 Å². The topological polar surface area (TPSA) is 72.8 Å². The molecule has 0 saturated heterocycles. The molecule has 0 radical (unpaired) electrons. The van der Waals surface area contributed by atoms with E-state index in [1.807, 2.05) is 13.8 Å². The lowest BCUT2D eigenvalue weighted by atomic mass is 10.2. The number of carbonyl (C=O) groups is 2. The van der Waals surface area contributed by atoms with Gasteiger partial charge in [0.1, 0.15) is 0 Å². The molecule has 5 nitrogen and oxygen atoms in total. The van der Waals surface area contributed by atoms with Crippen molar-refractivity contribution in [2.24, 2.45) is 0 Å². The summed E-state index contributed by atoms with van der Waals surface area (Å²) in [6.45, 7) is 5.38. The van der Waals surface area contributed by atoms with Gasteiger partial charge in [-0.05, 0) is 12.1 Å². The van der Waals surface area contributed by atoms with Crippen LogP contribution < -0.4 is 0 Å². The minimum atomic E-state index is -0.879. The molecule has 0 unspecified atom stereocenters. The number of hydrogen-bond donors (Lipinski definition) is 1. The fourth-order valence-electron chi connectivity index (χ4n) is 0.723. The van der Waals surface area contributed by atoms with Crippen molar-refractivity contribution in [2.45, 2.75) is 20.8 Å². The average Bonchev–Trinajstić information content (AvgIpc) is 2.40. The van der Waals surface area contributed by atoms with E-state index < -0.39 is 5.97 Å². The van der Waals surface area contributed by atoms with Crippen molar-refractivity contribution in [1.29, 1.82) is 0 Å². The van der Waals surface area contributed by atoms with Crippen LogP contribution in [0.15, 0.2) is 30.3 Å². The maximum atomic E-state index is 10.2. The molecular weight excluding hydrogens is 236 g/mol. The minimum Gasteiger partial charge on any atom is -0.478 e. The lowest BCUT2D eigenvalue weighted by Crippen LogP contribution is -2.00. The van der Waals surface area contributed by atoms with Crippen molar-refractivity contribution >= 4 is 11.9 Å². The van der Waals surface area contributed by atoms with Gasteiger partial charge < -0.3 is 14.6 Å². The Morgan fingerprint density at radius 2 is 1.67 bits per heavy atom. The third kappa shape index (κ3) is 12.2. The molecule has 1 aromatic carbocycles. The molecule has 1 N–H and O–H groups in total. The Morgan fingerprint density at radius 1 is 1.17 bits per heavy atom. The van der Waals surface area contributed by atoms with E-state index in [1.54, 1.807) is 30.3 Å². The molecule has 18 heavy (non-hydrogen) atoms. The number of aromatic carboxylic acids is 1. The molecule has 1 rings (SSSR count). The quantitative estimate of drug-likeness (QED) is 0.664. The zero-order chi connectivity index (χ0) is 14.4. The van der Waals surface area contributed by atoms with Crippen molar-refractivity contribution in [3.8, 4) is 0 Å². The highest BCUT2D eigenvalue weighted by Crippen LogP contribution is 1.96. The van der Waals surface area contributed by atoms with Gasteiger partial charge >= 0.3 is 11.9 Å². The van der Waals surface area contributed by atoms with Crippen molar-refractivity contribution in [3.63, 3.8) is 0 Å². The van der Waals surface area contributed by atoms with Gasteiger partial charge in [-0.15, -0.1) is 0 Å². The second-order valence-electron chi connectivity index (χ2n) is 2.71. The summed E-state index contributed by atoms with van der Waals surface area (Å²) in [4.78, 5) is 20.1. The molecule has 102 valence electrons. The smallest absolute Gasteiger partial charge is 0.335 e. The molecule has 0 amide bonds. The molecular formula is C13H20O5. The summed E-state index contributed by atoms with van der Waals surface area (Å²) in [5.41, 5.74) is 0.331. The number of hydrogen-bond acceptors (Lipinski definition) is 4. The van der Waals surface area contributed by atoms with E-state index in [2.05, 4.69) is 9.47 Å². The lowest BCUT2D eigenvalue weighted by molar-refractivity contribution is -0.151. The van der Waals surface area contributed by atoms with Crippen LogP contribution in [0.25, 0.3) is 0 Å². The summed E-state index contributed by atoms with van der Waals surface area (Å²) >= 11 is 0. The number of methoxy groups -OCH3 is 1. The maximum Gasteiger partial charge on any atom is 0.335 e. The van der Waals surface area contributed by atoms with Gasteiger partial charge in [0.2, 0.25) is 0 Å². The highest BCUT2D eigenvalue weighted by atomic mass is 16.7. The highest BCUT2D eigenvalue weighted by Gasteiger charge is 1.96. The fourth-order valence-corrected chi connectivity index (χ4v) is 0.723. The fraction of sp³-hybridized carbons (Fsp3) is 0.385. The Balaban J connectivity index is 0. The van der Waals surface area contributed by atoms with Crippen LogP contribution in [0, 0.1) is 0 Å². The van der Waals surface area contributed by atoms with Gasteiger partial charge in [0.15, 0.2) is 6.79 Å². The van der Waals surface area contributed by atoms with E-state index in [9.17, 15) is 9.59 Å². The second kappa shape index (κ2) is 13.2. The van der Waals surface area contributed by atoms with Gasteiger partial charge in [-0.1, -0.05) is 32.0 Å². The van der Waals surface area contributed by atoms with Crippen LogP contribution in [0.4, 0.5) is 0 Å². The number of carboxylic acids is 1. The van der Waals surface area contributed by atoms with Gasteiger partial charge in [0, 0.05) is 14.0 Å². The molecule has 0 fully saturated rings. The first-order chi connectivity index (χ1) is 8.57. The summed E-state index contributed by atoms with van der Waals surface area (Å²) in [5.74, 6) is -1.20. The minimum absolute atomic E-state index is 0.0509. The number of carboxylic acid groups (broad SMARTS) is 1. The molecule has 0 aromatic heterocycles. The Hall–Kier alpha value is -1.88. The summed E-state index contributed by atoms with van der Waals surface area (Å²) in [7, 11) is 1.46. The van der Waals surface area contributed by atoms with E-state index in [0.717, 1.165) is 0 Å². The molecule has 0 aliphatic heterocycles. The van der Waals surface area contributed by atoms with E-state index in [-0.39, 0.29) is 12.8 Å². The van der Waals surface area contributed by atoms with Gasteiger partial charge in [-0.25, -0.2) is 4.79 Å². The zero-order valence-corrected chi connectivity index (χ0v) is 11.2. The van der Waals surface area contributed by atoms with Crippen LogP contribution >= 0.6 is 0 Å². The monoisotopic (exact) mass is 256 g/mol. The number of ether oxygens (including phenoxy) is 2. The van der Waals surface area contributed by atoms with Gasteiger partial charge in [-0.2, -0.15) is 0 Å². The van der Waals surface area contributed by atoms with Gasteiger partial charge in [0.05, 0.1) is 5.56 Å². The first kappa shape index (κ1) is 18.5. The Kier molecular flexibility index (Phi) is 13.5. The van der Waals surface area contributed by atoms with Crippen LogP contribution in [0.5, 0.6) is 0 Å². The molecule has 1 aromatic rings. The van der Waals surface area contributed by atoms with Crippen molar-refractivity contribution < 1.29 is 24.2 Å². The van der Waals surface area contributed by atoms with Crippen molar-refractivity contribution in [2.75, 3.05) is 13.9 Å². The third-order valence-corrected chi connectivity index (χ3v) is 1.40. The number of rotatable bonds is 3. The molecule has 0 aliphatic carbocycles. The van der Waals surface area contributed by atoms with Gasteiger partial charge in [0.25, 0.3) is 0 Å². The van der Waals surface area contributed by atoms with Crippen LogP contribution in [0.2, 0.25) is 0 Å². The summed E-state index contributed by atoms with van der Waals surface area (Å²) in [5, 5.41) is 8.38. The van der Waals surface area contributed by atoms with E-state index in [1.165, 1.54) is 14.0 Å². The van der Waals surface area contributed by atoms with E-state index in [4.69, 9.17) is 5.11 Å². The highest BCUT2D eigenvalue weighted by molar-refractivity contribution is 5.87. The third-order valence-electron chi connectivity index (χ3n) is 1.40. The number of carbonyl (C=O) groups excluding carboxylic acids is 1. The van der Waals surface area contributed by atoms with Crippen LogP contribution in [-0.4, -0.2) is 30.9 Å². The Bertz CT molecular complexity index is 321. The first-order valence-corrected chi connectivity index (χ1v) is 5.48. The Labute approximate surface area is 107 Å². The zero-order valence-electron chi connectivity index (χ0n) is 11.2. The molecule has 0 atom stereocenters. The number of esters is 1. The standard InChI is InChI=1S/C7H6O2.C4H8O3.C2H6/c8-7(9)6-4-2-1-3-5-6;1-4(5)7-3-6-2;1-2/h1-5H,(H,8,9);3H2,1-2H3;1-2H3. The normalized spacial score (nSPS) is 8.00. The van der Waals surface area contributed by atoms with Crippen molar-refractivity contribution in [1.82, 2.24) is 0 Å². The lowest BCUT2D eigenvalue weighted by Gasteiger charge is -1.95. The SMILES string of the molecule is CC.COCOC(C)=O.O=C(O)c1ccccc1. The first-order valence-electron chi connectivity index (χ1n) is 5.48. The molecule has 0 bridgehead atoms. The van der Waals surface area contributed by atoms with Crippen LogP contribution in [-0.2, 0) is 14.3 Å². The predicted molar refractivity (Wildman–Crippen MR) is 68.4 cm³/mol. The predicted octanol–water partition coefficient (Wildman–Crippen LogP) is 2.56. The molecule has 0 aliphatic rings. The Morgan fingerprint density at radius 3 is 1.89 bits per heavy atom. The molecule has 0 spiro atoms. The summed E-state index contributed by atoms with van der Waals surface area (Å²) in [6.07, 6.45) is 0. The largest absolute Gasteiger partial charge is 0.478 e. The summed E-state index contributed by atoms with van der Waals surface area (Å²) < 4.78 is 8.74. The summed E-state index contributed by atoms with van der Waals surface area (Å²) in [6, 6.07) is 8.30. The van der Waals surface area contributed by atoms with E-state index >= 15 is 0 Å². The molecule has 0 saturated carbocycles. The molecule has 0 heterocycles.